The van der Waals surface area contributed by atoms with Crippen LogP contribution in [0.1, 0.15) is 24.4 Å². The van der Waals surface area contributed by atoms with E-state index in [9.17, 15) is 4.79 Å². The molecule has 1 unspecified atom stereocenters. The molecule has 0 radical (unpaired) electrons. The van der Waals surface area contributed by atoms with Crippen LogP contribution in [0.2, 0.25) is 0 Å². The maximum Gasteiger partial charge on any atom is 0.246 e. The minimum atomic E-state index is -0.0887. The minimum Gasteiger partial charge on any atom is -0.493 e. The molecular weight excluding hydrogens is 218 g/mol. The quantitative estimate of drug-likeness (QED) is 0.866. The number of amides is 1. The average Bonchev–Trinajstić information content (AvgIpc) is 2.53. The third-order valence-electron chi connectivity index (χ3n) is 2.80. The van der Waals surface area contributed by atoms with Crippen molar-refractivity contribution in [3.63, 3.8) is 0 Å². The van der Waals surface area contributed by atoms with Crippen LogP contribution in [0, 0.1) is 0 Å². The number of fused-ring (bicyclic) bond motifs is 1. The molecule has 17 heavy (non-hydrogen) atoms. The summed E-state index contributed by atoms with van der Waals surface area (Å²) in [5.41, 5.74) is 1.05. The second-order valence-electron chi connectivity index (χ2n) is 4.08. The molecule has 0 saturated carbocycles. The SMILES string of the molecule is COCC(=O)NC1CCCOc2ccccc21. The van der Waals surface area contributed by atoms with Gasteiger partial charge >= 0.3 is 0 Å². The Morgan fingerprint density at radius 3 is 3.18 bits per heavy atom. The third-order valence-corrected chi connectivity index (χ3v) is 2.80. The topological polar surface area (TPSA) is 47.6 Å². The maximum absolute atomic E-state index is 11.6. The third kappa shape index (κ3) is 2.97. The van der Waals surface area contributed by atoms with Crippen LogP contribution in [-0.4, -0.2) is 26.2 Å². The van der Waals surface area contributed by atoms with E-state index < -0.39 is 0 Å². The monoisotopic (exact) mass is 235 g/mol. The highest BCUT2D eigenvalue weighted by Gasteiger charge is 2.20. The summed E-state index contributed by atoms with van der Waals surface area (Å²) in [6.07, 6.45) is 1.83. The first-order valence-electron chi connectivity index (χ1n) is 5.81. The van der Waals surface area contributed by atoms with E-state index in [0.717, 1.165) is 24.2 Å². The first kappa shape index (κ1) is 11.9. The van der Waals surface area contributed by atoms with Crippen LogP contribution in [0.4, 0.5) is 0 Å². The number of benzene rings is 1. The van der Waals surface area contributed by atoms with Crippen molar-refractivity contribution >= 4 is 5.91 Å². The zero-order valence-corrected chi connectivity index (χ0v) is 9.94. The Bertz CT molecular complexity index is 392. The van der Waals surface area contributed by atoms with Gasteiger partial charge in [0.1, 0.15) is 12.4 Å². The van der Waals surface area contributed by atoms with Gasteiger partial charge in [-0.1, -0.05) is 18.2 Å². The molecule has 0 aromatic heterocycles. The van der Waals surface area contributed by atoms with E-state index in [1.165, 1.54) is 7.11 Å². The summed E-state index contributed by atoms with van der Waals surface area (Å²) in [6.45, 7) is 0.799. The lowest BCUT2D eigenvalue weighted by Crippen LogP contribution is -2.31. The fraction of sp³-hybridized carbons (Fsp3) is 0.462. The van der Waals surface area contributed by atoms with Crippen molar-refractivity contribution < 1.29 is 14.3 Å². The Labute approximate surface area is 101 Å². The summed E-state index contributed by atoms with van der Waals surface area (Å²) in [4.78, 5) is 11.6. The molecule has 4 nitrogen and oxygen atoms in total. The van der Waals surface area contributed by atoms with Crippen molar-refractivity contribution in [2.24, 2.45) is 0 Å². The number of carbonyl (C=O) groups is 1. The van der Waals surface area contributed by atoms with Crippen LogP contribution in [0.5, 0.6) is 5.75 Å². The summed E-state index contributed by atoms with van der Waals surface area (Å²) in [5.74, 6) is 0.780. The highest BCUT2D eigenvalue weighted by Crippen LogP contribution is 2.30. The van der Waals surface area contributed by atoms with E-state index in [0.29, 0.717) is 6.61 Å². The van der Waals surface area contributed by atoms with Crippen LogP contribution in [-0.2, 0) is 9.53 Å². The first-order chi connectivity index (χ1) is 8.31. The number of hydrogen-bond acceptors (Lipinski definition) is 3. The number of nitrogens with one attached hydrogen (secondary N) is 1. The van der Waals surface area contributed by atoms with Crippen LogP contribution in [0.3, 0.4) is 0 Å². The summed E-state index contributed by atoms with van der Waals surface area (Å²) in [7, 11) is 1.52. The Morgan fingerprint density at radius 1 is 1.53 bits per heavy atom. The molecule has 1 N–H and O–H groups in total. The van der Waals surface area contributed by atoms with Crippen molar-refractivity contribution in [1.82, 2.24) is 5.32 Å². The van der Waals surface area contributed by atoms with Gasteiger partial charge in [-0.3, -0.25) is 4.79 Å². The lowest BCUT2D eigenvalue weighted by Gasteiger charge is -2.18. The van der Waals surface area contributed by atoms with Crippen LogP contribution in [0.25, 0.3) is 0 Å². The fourth-order valence-electron chi connectivity index (χ4n) is 2.04. The van der Waals surface area contributed by atoms with Gasteiger partial charge in [-0.2, -0.15) is 0 Å². The summed E-state index contributed by atoms with van der Waals surface area (Å²) in [5, 5.41) is 2.97. The zero-order chi connectivity index (χ0) is 12.1. The number of ether oxygens (including phenoxy) is 2. The van der Waals surface area contributed by atoms with Crippen LogP contribution >= 0.6 is 0 Å². The number of para-hydroxylation sites is 1. The second-order valence-corrected chi connectivity index (χ2v) is 4.08. The van der Waals surface area contributed by atoms with Crippen molar-refractivity contribution in [2.75, 3.05) is 20.3 Å². The molecule has 4 heteroatoms. The Balaban J connectivity index is 2.14. The molecule has 1 amide bonds. The smallest absolute Gasteiger partial charge is 0.246 e. The molecule has 2 rings (SSSR count). The normalized spacial score (nSPS) is 18.8. The molecule has 0 saturated heterocycles. The molecule has 0 aliphatic carbocycles. The van der Waals surface area contributed by atoms with Gasteiger partial charge in [0.2, 0.25) is 5.91 Å². The first-order valence-corrected chi connectivity index (χ1v) is 5.81. The lowest BCUT2D eigenvalue weighted by atomic mass is 10.0. The molecule has 1 aliphatic rings. The van der Waals surface area contributed by atoms with Gasteiger partial charge in [-0.15, -0.1) is 0 Å². The summed E-state index contributed by atoms with van der Waals surface area (Å²) in [6, 6.07) is 7.87. The largest absolute Gasteiger partial charge is 0.493 e. The van der Waals surface area contributed by atoms with Crippen molar-refractivity contribution in [3.05, 3.63) is 29.8 Å². The lowest BCUT2D eigenvalue weighted by molar-refractivity contribution is -0.125. The predicted molar refractivity (Wildman–Crippen MR) is 63.9 cm³/mol. The Hall–Kier alpha value is -1.55. The molecular formula is C13H17NO3. The molecule has 1 atom stereocenters. The summed E-state index contributed by atoms with van der Waals surface area (Å²) >= 11 is 0. The van der Waals surface area contributed by atoms with Gasteiger partial charge in [-0.05, 0) is 18.9 Å². The number of rotatable bonds is 3. The molecule has 92 valence electrons. The predicted octanol–water partition coefficient (Wildman–Crippen LogP) is 1.66. The zero-order valence-electron chi connectivity index (χ0n) is 9.94. The number of hydrogen-bond donors (Lipinski definition) is 1. The molecule has 1 aromatic carbocycles. The van der Waals surface area contributed by atoms with Crippen molar-refractivity contribution in [2.45, 2.75) is 18.9 Å². The minimum absolute atomic E-state index is 0.0244. The Kier molecular flexibility index (Phi) is 3.98. The van der Waals surface area contributed by atoms with E-state index in [1.54, 1.807) is 0 Å². The standard InChI is InChI=1S/C13H17NO3/c1-16-9-13(15)14-11-6-4-8-17-12-7-3-2-5-10(11)12/h2-3,5,7,11H,4,6,8-9H2,1H3,(H,14,15). The van der Waals surface area contributed by atoms with E-state index in [1.807, 2.05) is 24.3 Å². The van der Waals surface area contributed by atoms with E-state index >= 15 is 0 Å². The fourth-order valence-corrected chi connectivity index (χ4v) is 2.04. The van der Waals surface area contributed by atoms with E-state index in [-0.39, 0.29) is 18.6 Å². The highest BCUT2D eigenvalue weighted by molar-refractivity contribution is 5.77. The van der Waals surface area contributed by atoms with E-state index in [4.69, 9.17) is 9.47 Å². The molecule has 1 aliphatic heterocycles. The molecule has 0 spiro atoms. The van der Waals surface area contributed by atoms with Gasteiger partial charge in [0.05, 0.1) is 12.6 Å². The van der Waals surface area contributed by atoms with Crippen molar-refractivity contribution in [3.8, 4) is 5.75 Å². The maximum atomic E-state index is 11.6. The highest BCUT2D eigenvalue weighted by atomic mass is 16.5. The number of methoxy groups -OCH3 is 1. The molecule has 1 aromatic rings. The Morgan fingerprint density at radius 2 is 2.35 bits per heavy atom. The molecule has 0 bridgehead atoms. The van der Waals surface area contributed by atoms with Gasteiger partial charge in [0.15, 0.2) is 0 Å². The van der Waals surface area contributed by atoms with Gasteiger partial charge < -0.3 is 14.8 Å². The van der Waals surface area contributed by atoms with Crippen molar-refractivity contribution in [1.29, 1.82) is 0 Å². The van der Waals surface area contributed by atoms with Gasteiger partial charge in [0.25, 0.3) is 0 Å². The van der Waals surface area contributed by atoms with Crippen LogP contribution in [0.15, 0.2) is 24.3 Å². The van der Waals surface area contributed by atoms with E-state index in [2.05, 4.69) is 5.32 Å². The van der Waals surface area contributed by atoms with Gasteiger partial charge in [-0.25, -0.2) is 0 Å². The number of carbonyl (C=O) groups excluding carboxylic acids is 1. The van der Waals surface area contributed by atoms with Crippen LogP contribution < -0.4 is 10.1 Å². The molecule has 1 heterocycles. The van der Waals surface area contributed by atoms with Gasteiger partial charge in [0, 0.05) is 12.7 Å². The summed E-state index contributed by atoms with van der Waals surface area (Å²) < 4.78 is 10.5. The second kappa shape index (κ2) is 5.68. The average molecular weight is 235 g/mol. The molecule has 0 fully saturated rings.